The molecule has 2 aromatic carbocycles. The van der Waals surface area contributed by atoms with E-state index in [2.05, 4.69) is 10.3 Å². The van der Waals surface area contributed by atoms with Gasteiger partial charge in [-0.2, -0.15) is 5.26 Å². The second-order valence-electron chi connectivity index (χ2n) is 5.72. The maximum Gasteiger partial charge on any atom is 0.326 e. The quantitative estimate of drug-likeness (QED) is 0.739. The van der Waals surface area contributed by atoms with E-state index in [1.807, 2.05) is 18.2 Å². The number of nitrogens with one attached hydrogen (secondary N) is 1. The van der Waals surface area contributed by atoms with E-state index in [9.17, 15) is 14.7 Å². The number of para-hydroxylation sites is 1. The molecule has 26 heavy (non-hydrogen) atoms. The van der Waals surface area contributed by atoms with Crippen LogP contribution in [0.2, 0.25) is 0 Å². The highest BCUT2D eigenvalue weighted by Gasteiger charge is 2.23. The largest absolute Gasteiger partial charge is 0.480 e. The average molecular weight is 345 g/mol. The zero-order chi connectivity index (χ0) is 18.5. The second kappa shape index (κ2) is 7.45. The van der Waals surface area contributed by atoms with Crippen LogP contribution in [-0.2, 0) is 11.2 Å². The van der Waals surface area contributed by atoms with Gasteiger partial charge in [0.05, 0.1) is 22.7 Å². The number of fused-ring (bicyclic) bond motifs is 1. The van der Waals surface area contributed by atoms with Crippen LogP contribution in [0.15, 0.2) is 60.8 Å². The van der Waals surface area contributed by atoms with Gasteiger partial charge in [0.1, 0.15) is 6.04 Å². The molecule has 0 radical (unpaired) electrons. The maximum absolute atomic E-state index is 12.6. The third kappa shape index (κ3) is 3.52. The summed E-state index contributed by atoms with van der Waals surface area (Å²) in [5.74, 6) is -1.68. The fourth-order valence-electron chi connectivity index (χ4n) is 2.75. The molecule has 6 heteroatoms. The van der Waals surface area contributed by atoms with Crippen molar-refractivity contribution in [3.63, 3.8) is 0 Å². The van der Waals surface area contributed by atoms with E-state index in [1.54, 1.807) is 48.7 Å². The number of benzene rings is 2. The Balaban J connectivity index is 1.87. The number of carboxylic acid groups (broad SMARTS) is 1. The molecule has 3 rings (SSSR count). The summed E-state index contributed by atoms with van der Waals surface area (Å²) in [4.78, 5) is 28.5. The van der Waals surface area contributed by atoms with Gasteiger partial charge in [-0.25, -0.2) is 4.79 Å². The summed E-state index contributed by atoms with van der Waals surface area (Å²) in [5, 5.41) is 22.0. The molecule has 1 amide bonds. The number of nitriles is 1. The Morgan fingerprint density at radius 2 is 1.88 bits per heavy atom. The van der Waals surface area contributed by atoms with E-state index >= 15 is 0 Å². The van der Waals surface area contributed by atoms with E-state index in [0.717, 1.165) is 5.39 Å². The van der Waals surface area contributed by atoms with Gasteiger partial charge in [-0.1, -0.05) is 36.4 Å². The summed E-state index contributed by atoms with van der Waals surface area (Å²) in [6.07, 6.45) is 1.60. The molecule has 1 heterocycles. The van der Waals surface area contributed by atoms with Crippen LogP contribution in [0.25, 0.3) is 10.9 Å². The number of carbonyl (C=O) groups is 2. The Labute approximate surface area is 149 Å². The molecule has 0 saturated heterocycles. The lowest BCUT2D eigenvalue weighted by Crippen LogP contribution is -2.42. The Bertz CT molecular complexity index is 1020. The topological polar surface area (TPSA) is 103 Å². The maximum atomic E-state index is 12.6. The van der Waals surface area contributed by atoms with Gasteiger partial charge >= 0.3 is 5.97 Å². The van der Waals surface area contributed by atoms with Crippen molar-refractivity contribution in [1.29, 1.82) is 5.26 Å². The van der Waals surface area contributed by atoms with Gasteiger partial charge in [0.25, 0.3) is 5.91 Å². The molecule has 2 N–H and O–H groups in total. The summed E-state index contributed by atoms with van der Waals surface area (Å²) in [7, 11) is 0. The van der Waals surface area contributed by atoms with Crippen molar-refractivity contribution in [2.24, 2.45) is 0 Å². The summed E-state index contributed by atoms with van der Waals surface area (Å²) < 4.78 is 0. The smallest absolute Gasteiger partial charge is 0.326 e. The van der Waals surface area contributed by atoms with Crippen LogP contribution >= 0.6 is 0 Å². The van der Waals surface area contributed by atoms with E-state index in [1.165, 1.54) is 0 Å². The molecule has 0 aliphatic rings. The number of pyridine rings is 1. The molecule has 1 atom stereocenters. The Hall–Kier alpha value is -3.72. The molecule has 6 nitrogen and oxygen atoms in total. The van der Waals surface area contributed by atoms with Crippen molar-refractivity contribution >= 4 is 22.8 Å². The van der Waals surface area contributed by atoms with Crippen LogP contribution in [0.3, 0.4) is 0 Å². The lowest BCUT2D eigenvalue weighted by atomic mass is 10.0. The molecule has 0 aliphatic carbocycles. The van der Waals surface area contributed by atoms with Crippen LogP contribution in [-0.4, -0.2) is 28.0 Å². The van der Waals surface area contributed by atoms with Crippen molar-refractivity contribution in [1.82, 2.24) is 10.3 Å². The molecule has 0 saturated carbocycles. The van der Waals surface area contributed by atoms with Gasteiger partial charge in [-0.3, -0.25) is 9.78 Å². The summed E-state index contributed by atoms with van der Waals surface area (Å²) in [5.41, 5.74) is 1.77. The summed E-state index contributed by atoms with van der Waals surface area (Å²) in [6.45, 7) is 0. The zero-order valence-corrected chi connectivity index (χ0v) is 13.7. The van der Waals surface area contributed by atoms with Crippen molar-refractivity contribution in [3.8, 4) is 6.07 Å². The van der Waals surface area contributed by atoms with Crippen molar-refractivity contribution in [2.45, 2.75) is 12.5 Å². The predicted octanol–water partition coefficient (Wildman–Crippen LogP) is 2.53. The molecule has 128 valence electrons. The molecule has 0 aliphatic heterocycles. The van der Waals surface area contributed by atoms with Gasteiger partial charge in [-0.15, -0.1) is 0 Å². The molecule has 0 unspecified atom stereocenters. The minimum absolute atomic E-state index is 0.0169. The predicted molar refractivity (Wildman–Crippen MR) is 95.5 cm³/mol. The first-order chi connectivity index (χ1) is 12.6. The number of aromatic nitrogens is 1. The number of hydrogen-bond donors (Lipinski definition) is 2. The minimum atomic E-state index is -1.17. The highest BCUT2D eigenvalue weighted by atomic mass is 16.4. The number of carbonyl (C=O) groups excluding carboxylic acids is 1. The Kier molecular flexibility index (Phi) is 4.90. The molecule has 0 spiro atoms. The monoisotopic (exact) mass is 345 g/mol. The third-order valence-corrected chi connectivity index (χ3v) is 4.04. The Morgan fingerprint density at radius 1 is 1.12 bits per heavy atom. The van der Waals surface area contributed by atoms with Crippen LogP contribution in [0.5, 0.6) is 0 Å². The lowest BCUT2D eigenvalue weighted by molar-refractivity contribution is -0.139. The van der Waals surface area contributed by atoms with E-state index < -0.39 is 17.9 Å². The first-order valence-corrected chi connectivity index (χ1v) is 7.95. The van der Waals surface area contributed by atoms with E-state index in [-0.39, 0.29) is 6.42 Å². The zero-order valence-electron chi connectivity index (χ0n) is 13.7. The first-order valence-electron chi connectivity index (χ1n) is 7.95. The Morgan fingerprint density at radius 3 is 2.65 bits per heavy atom. The highest BCUT2D eigenvalue weighted by molar-refractivity contribution is 6.06. The number of nitrogens with zero attached hydrogens (tertiary/aromatic N) is 2. The average Bonchev–Trinajstić information content (AvgIpc) is 2.67. The standard InChI is InChI=1S/C20H15N3O3/c21-12-15-6-2-1-5-14(15)11-17(20(25)26)23-19(24)16-9-3-7-13-8-4-10-22-18(13)16/h1-10,17H,11H2,(H,23,24)(H,25,26)/t17-/m0/s1. The highest BCUT2D eigenvalue weighted by Crippen LogP contribution is 2.16. The molecule has 0 fully saturated rings. The van der Waals surface area contributed by atoms with E-state index in [4.69, 9.17) is 5.26 Å². The first kappa shape index (κ1) is 17.1. The van der Waals surface area contributed by atoms with Gasteiger partial charge in [0.2, 0.25) is 0 Å². The molecule has 0 bridgehead atoms. The van der Waals surface area contributed by atoms with Gasteiger partial charge in [0, 0.05) is 18.0 Å². The number of amides is 1. The number of aliphatic carboxylic acids is 1. The van der Waals surface area contributed by atoms with Crippen LogP contribution in [0.4, 0.5) is 0 Å². The second-order valence-corrected chi connectivity index (χ2v) is 5.72. The minimum Gasteiger partial charge on any atom is -0.480 e. The van der Waals surface area contributed by atoms with Crippen molar-refractivity contribution < 1.29 is 14.7 Å². The van der Waals surface area contributed by atoms with Gasteiger partial charge in [-0.05, 0) is 23.8 Å². The van der Waals surface area contributed by atoms with Crippen LogP contribution in [0, 0.1) is 11.3 Å². The van der Waals surface area contributed by atoms with Crippen LogP contribution < -0.4 is 5.32 Å². The molecular formula is C20H15N3O3. The van der Waals surface area contributed by atoms with Crippen molar-refractivity contribution in [2.75, 3.05) is 0 Å². The molecular weight excluding hydrogens is 330 g/mol. The lowest BCUT2D eigenvalue weighted by Gasteiger charge is -2.16. The van der Waals surface area contributed by atoms with Gasteiger partial charge in [0.15, 0.2) is 0 Å². The van der Waals surface area contributed by atoms with Crippen molar-refractivity contribution in [3.05, 3.63) is 77.5 Å². The third-order valence-electron chi connectivity index (χ3n) is 4.04. The molecule has 3 aromatic rings. The number of rotatable bonds is 5. The fourth-order valence-corrected chi connectivity index (χ4v) is 2.75. The molecule has 1 aromatic heterocycles. The number of carboxylic acids is 1. The van der Waals surface area contributed by atoms with Gasteiger partial charge < -0.3 is 10.4 Å². The number of hydrogen-bond acceptors (Lipinski definition) is 4. The summed E-state index contributed by atoms with van der Waals surface area (Å²) in [6, 6.07) is 16.4. The SMILES string of the molecule is N#Cc1ccccc1C[C@H](NC(=O)c1cccc2cccnc12)C(=O)O. The van der Waals surface area contributed by atoms with Crippen LogP contribution in [0.1, 0.15) is 21.5 Å². The van der Waals surface area contributed by atoms with E-state index in [0.29, 0.717) is 22.2 Å². The fraction of sp³-hybridized carbons (Fsp3) is 0.100. The normalized spacial score (nSPS) is 11.5. The summed E-state index contributed by atoms with van der Waals surface area (Å²) >= 11 is 0.